The fraction of sp³-hybridized carbons (Fsp3) is 0.296. The third-order valence-corrected chi connectivity index (χ3v) is 6.57. The quantitative estimate of drug-likeness (QED) is 0.398. The van der Waals surface area contributed by atoms with E-state index in [-0.39, 0.29) is 36.7 Å². The van der Waals surface area contributed by atoms with Crippen molar-refractivity contribution < 1.29 is 19.4 Å². The summed E-state index contributed by atoms with van der Waals surface area (Å²) < 4.78 is 6.31. The summed E-state index contributed by atoms with van der Waals surface area (Å²) in [6.45, 7) is 2.40. The van der Waals surface area contributed by atoms with Crippen molar-refractivity contribution >= 4 is 22.7 Å². The van der Waals surface area contributed by atoms with Gasteiger partial charge in [-0.3, -0.25) is 19.6 Å². The van der Waals surface area contributed by atoms with Crippen LogP contribution in [0.15, 0.2) is 55.1 Å². The van der Waals surface area contributed by atoms with Gasteiger partial charge in [0, 0.05) is 55.9 Å². The predicted octanol–water partition coefficient (Wildman–Crippen LogP) is 3.56. The molecule has 10 heteroatoms. The zero-order chi connectivity index (χ0) is 25.9. The normalized spacial score (nSPS) is 15.2. The lowest BCUT2D eigenvalue weighted by Crippen LogP contribution is -2.30. The number of rotatable bonds is 7. The molecule has 0 radical (unpaired) electrons. The molecule has 0 saturated carbocycles. The van der Waals surface area contributed by atoms with Crippen LogP contribution in [0.5, 0.6) is 11.5 Å². The highest BCUT2D eigenvalue weighted by Gasteiger charge is 2.31. The number of aromatic nitrogens is 4. The number of amides is 2. The summed E-state index contributed by atoms with van der Waals surface area (Å²) in [4.78, 5) is 44.3. The van der Waals surface area contributed by atoms with Crippen LogP contribution >= 0.6 is 0 Å². The molecular formula is C27H28N6O4. The highest BCUT2D eigenvalue weighted by atomic mass is 16.5. The highest BCUT2D eigenvalue weighted by Crippen LogP contribution is 2.41. The van der Waals surface area contributed by atoms with Crippen LogP contribution in [-0.2, 0) is 4.79 Å². The highest BCUT2D eigenvalue weighted by molar-refractivity contribution is 5.92. The number of hydrogen-bond donors (Lipinski definition) is 2. The molecule has 1 aliphatic heterocycles. The molecule has 1 saturated heterocycles. The molecule has 1 aromatic carbocycles. The number of benzene rings is 1. The molecule has 1 fully saturated rings. The Hall–Kier alpha value is -4.31. The minimum atomic E-state index is -0.283. The van der Waals surface area contributed by atoms with Crippen LogP contribution in [0.1, 0.15) is 41.9 Å². The molecule has 37 heavy (non-hydrogen) atoms. The number of carbonyl (C=O) groups is 2. The van der Waals surface area contributed by atoms with Crippen molar-refractivity contribution in [3.63, 3.8) is 0 Å². The number of likely N-dealkylation sites (tertiary alicyclic amines) is 1. The number of nitrogens with zero attached hydrogens (tertiary/aromatic N) is 5. The van der Waals surface area contributed by atoms with Gasteiger partial charge in [0.2, 0.25) is 5.91 Å². The summed E-state index contributed by atoms with van der Waals surface area (Å²) in [6, 6.07) is 9.16. The van der Waals surface area contributed by atoms with Gasteiger partial charge in [0.15, 0.2) is 0 Å². The molecule has 10 nitrogen and oxygen atoms in total. The van der Waals surface area contributed by atoms with E-state index in [0.29, 0.717) is 18.0 Å². The van der Waals surface area contributed by atoms with E-state index >= 15 is 0 Å². The zero-order valence-electron chi connectivity index (χ0n) is 20.7. The van der Waals surface area contributed by atoms with Crippen molar-refractivity contribution in [3.8, 4) is 22.9 Å². The van der Waals surface area contributed by atoms with Crippen molar-refractivity contribution in [2.24, 2.45) is 0 Å². The molecule has 4 heterocycles. The van der Waals surface area contributed by atoms with Crippen molar-refractivity contribution in [1.29, 1.82) is 0 Å². The Morgan fingerprint density at radius 1 is 1.19 bits per heavy atom. The predicted molar refractivity (Wildman–Crippen MR) is 137 cm³/mol. The maximum Gasteiger partial charge on any atom is 0.272 e. The second kappa shape index (κ2) is 10.4. The summed E-state index contributed by atoms with van der Waals surface area (Å²) in [5.41, 5.74) is 3.62. The van der Waals surface area contributed by atoms with Gasteiger partial charge in [-0.05, 0) is 43.2 Å². The SMILES string of the molecule is CC(=O)N1CCC[C@@H]1c1cc2[nH]c(-c3cnccn3)cc2cc1Oc1ccc(C(=O)N(C)CCO)nc1. The molecule has 190 valence electrons. The maximum atomic E-state index is 12.5. The monoisotopic (exact) mass is 500 g/mol. The Morgan fingerprint density at radius 3 is 2.76 bits per heavy atom. The summed E-state index contributed by atoms with van der Waals surface area (Å²) in [6.07, 6.45) is 8.23. The lowest BCUT2D eigenvalue weighted by atomic mass is 10.0. The van der Waals surface area contributed by atoms with E-state index in [1.165, 1.54) is 11.1 Å². The van der Waals surface area contributed by atoms with Gasteiger partial charge in [-0.1, -0.05) is 0 Å². The van der Waals surface area contributed by atoms with E-state index in [1.807, 2.05) is 23.1 Å². The van der Waals surface area contributed by atoms with E-state index in [1.54, 1.807) is 44.7 Å². The third kappa shape index (κ3) is 5.01. The number of aliphatic hydroxyl groups is 1. The van der Waals surface area contributed by atoms with Gasteiger partial charge in [-0.25, -0.2) is 4.98 Å². The van der Waals surface area contributed by atoms with Crippen molar-refractivity contribution in [2.75, 3.05) is 26.7 Å². The van der Waals surface area contributed by atoms with E-state index in [9.17, 15) is 9.59 Å². The largest absolute Gasteiger partial charge is 0.455 e. The fourth-order valence-electron chi connectivity index (χ4n) is 4.71. The average molecular weight is 501 g/mol. The number of fused-ring (bicyclic) bond motifs is 1. The Morgan fingerprint density at radius 2 is 2.05 bits per heavy atom. The number of aromatic amines is 1. The first-order valence-electron chi connectivity index (χ1n) is 12.1. The zero-order valence-corrected chi connectivity index (χ0v) is 20.7. The van der Waals surface area contributed by atoms with Gasteiger partial charge >= 0.3 is 0 Å². The molecule has 0 unspecified atom stereocenters. The second-order valence-corrected chi connectivity index (χ2v) is 9.05. The van der Waals surface area contributed by atoms with E-state index in [0.717, 1.165) is 40.7 Å². The van der Waals surface area contributed by atoms with Crippen LogP contribution in [0.3, 0.4) is 0 Å². The molecule has 0 spiro atoms. The van der Waals surface area contributed by atoms with Crippen molar-refractivity contribution in [1.82, 2.24) is 29.7 Å². The van der Waals surface area contributed by atoms with E-state index in [4.69, 9.17) is 9.84 Å². The van der Waals surface area contributed by atoms with Gasteiger partial charge in [0.1, 0.15) is 22.9 Å². The molecule has 5 rings (SSSR count). The number of nitrogens with one attached hydrogen (secondary N) is 1. The van der Waals surface area contributed by atoms with Crippen LogP contribution in [0.2, 0.25) is 0 Å². The molecule has 3 aromatic heterocycles. The van der Waals surface area contributed by atoms with Crippen LogP contribution in [0.25, 0.3) is 22.3 Å². The van der Waals surface area contributed by atoms with Crippen LogP contribution in [-0.4, -0.2) is 73.4 Å². The topological polar surface area (TPSA) is 125 Å². The smallest absolute Gasteiger partial charge is 0.272 e. The molecule has 1 atom stereocenters. The lowest BCUT2D eigenvalue weighted by Gasteiger charge is -2.25. The number of hydrogen-bond acceptors (Lipinski definition) is 7. The molecule has 2 amide bonds. The number of likely N-dealkylation sites (N-methyl/N-ethyl adjacent to an activating group) is 1. The van der Waals surface area contributed by atoms with Gasteiger partial charge < -0.3 is 24.6 Å². The molecule has 0 bridgehead atoms. The molecule has 1 aliphatic rings. The summed E-state index contributed by atoms with van der Waals surface area (Å²) in [5, 5.41) is 10.0. The Kier molecular flexibility index (Phi) is 6.82. The first kappa shape index (κ1) is 24.4. The third-order valence-electron chi connectivity index (χ3n) is 6.57. The molecule has 4 aromatic rings. The minimum absolute atomic E-state index is 0.0248. The Labute approximate surface area is 213 Å². The van der Waals surface area contributed by atoms with Gasteiger partial charge in [-0.15, -0.1) is 0 Å². The molecule has 0 aliphatic carbocycles. The maximum absolute atomic E-state index is 12.5. The standard InChI is InChI=1S/C27H28N6O4/c1-17(35)33-9-3-4-25(33)20-14-22-18(12-23(31-22)24-16-28-7-8-29-24)13-26(20)37-19-5-6-21(30-15-19)27(36)32(2)10-11-34/h5-8,12-16,25,31,34H,3-4,9-11H2,1-2H3/t25-/m1/s1. The number of H-pyrrole nitrogens is 1. The van der Waals surface area contributed by atoms with Crippen molar-refractivity contribution in [2.45, 2.75) is 25.8 Å². The number of ether oxygens (including phenoxy) is 1. The number of pyridine rings is 1. The van der Waals surface area contributed by atoms with Crippen LogP contribution in [0, 0.1) is 0 Å². The molecular weight excluding hydrogens is 472 g/mol. The van der Waals surface area contributed by atoms with Crippen molar-refractivity contribution in [3.05, 3.63) is 66.4 Å². The fourth-order valence-corrected chi connectivity index (χ4v) is 4.71. The minimum Gasteiger partial charge on any atom is -0.455 e. The van der Waals surface area contributed by atoms with Gasteiger partial charge in [-0.2, -0.15) is 0 Å². The Bertz CT molecular complexity index is 1420. The summed E-state index contributed by atoms with van der Waals surface area (Å²) in [7, 11) is 1.61. The van der Waals surface area contributed by atoms with Crippen LogP contribution < -0.4 is 4.74 Å². The summed E-state index contributed by atoms with van der Waals surface area (Å²) in [5.74, 6) is 0.832. The van der Waals surface area contributed by atoms with Gasteiger partial charge in [0.25, 0.3) is 5.91 Å². The number of carbonyl (C=O) groups excluding carboxylic acids is 2. The summed E-state index contributed by atoms with van der Waals surface area (Å²) >= 11 is 0. The number of aliphatic hydroxyl groups excluding tert-OH is 1. The van der Waals surface area contributed by atoms with E-state index in [2.05, 4.69) is 19.9 Å². The van der Waals surface area contributed by atoms with Gasteiger partial charge in [0.05, 0.1) is 30.7 Å². The first-order chi connectivity index (χ1) is 17.9. The molecule has 2 N–H and O–H groups in total. The average Bonchev–Trinajstić information content (AvgIpc) is 3.56. The van der Waals surface area contributed by atoms with Crippen LogP contribution in [0.4, 0.5) is 0 Å². The first-order valence-corrected chi connectivity index (χ1v) is 12.1. The second-order valence-electron chi connectivity index (χ2n) is 9.05. The van der Waals surface area contributed by atoms with E-state index < -0.39 is 0 Å². The Balaban J connectivity index is 1.51. The lowest BCUT2D eigenvalue weighted by molar-refractivity contribution is -0.129.